The molecule has 0 radical (unpaired) electrons. The van der Waals surface area contributed by atoms with Crippen LogP contribution in [0.1, 0.15) is 11.1 Å². The molecule has 52 valence electrons. The van der Waals surface area contributed by atoms with Crippen molar-refractivity contribution in [2.45, 2.75) is 6.92 Å². The predicted octanol–water partition coefficient (Wildman–Crippen LogP) is 3.36. The van der Waals surface area contributed by atoms with Crippen LogP contribution >= 0.6 is 15.9 Å². The Morgan fingerprint density at radius 2 is 2.00 bits per heavy atom. The molecule has 0 aromatic heterocycles. The maximum Gasteiger partial charge on any atom is 0.0178 e. The first-order valence-electron chi connectivity index (χ1n) is 3.12. The lowest BCUT2D eigenvalue weighted by molar-refractivity contribution is 1.44. The van der Waals surface area contributed by atoms with Gasteiger partial charge in [-0.1, -0.05) is 46.8 Å². The van der Waals surface area contributed by atoms with Crippen LogP contribution in [0.15, 0.2) is 30.8 Å². The highest BCUT2D eigenvalue weighted by Gasteiger charge is 1.95. The van der Waals surface area contributed by atoms with E-state index in [-0.39, 0.29) is 0 Å². The van der Waals surface area contributed by atoms with Crippen molar-refractivity contribution in [3.63, 3.8) is 0 Å². The molecule has 1 heteroatoms. The van der Waals surface area contributed by atoms with E-state index in [1.165, 1.54) is 11.1 Å². The third kappa shape index (κ3) is 1.48. The van der Waals surface area contributed by atoms with Crippen molar-refractivity contribution in [1.29, 1.82) is 0 Å². The topological polar surface area (TPSA) is 0 Å². The largest absolute Gasteiger partial charge is 0.0841 e. The van der Waals surface area contributed by atoms with Crippen LogP contribution in [0.5, 0.6) is 0 Å². The maximum absolute atomic E-state index is 3.80. The van der Waals surface area contributed by atoms with Crippen molar-refractivity contribution in [3.8, 4) is 0 Å². The smallest absolute Gasteiger partial charge is 0.0178 e. The van der Waals surface area contributed by atoms with Crippen LogP contribution in [0.3, 0.4) is 0 Å². The Kier molecular flexibility index (Phi) is 2.28. The van der Waals surface area contributed by atoms with Gasteiger partial charge in [-0.3, -0.25) is 0 Å². The average Bonchev–Trinajstić information content (AvgIpc) is 1.88. The molecule has 0 atom stereocenters. The van der Waals surface area contributed by atoms with Gasteiger partial charge in [0.15, 0.2) is 0 Å². The Morgan fingerprint density at radius 3 is 2.40 bits per heavy atom. The molecule has 0 aliphatic carbocycles. The molecule has 0 saturated heterocycles. The molecule has 0 unspecified atom stereocenters. The van der Waals surface area contributed by atoms with Gasteiger partial charge in [0.25, 0.3) is 0 Å². The summed E-state index contributed by atoms with van der Waals surface area (Å²) in [6.45, 7) is 5.87. The Bertz CT molecular complexity index is 251. The van der Waals surface area contributed by atoms with Crippen LogP contribution in [0.2, 0.25) is 0 Å². The molecule has 0 nitrogen and oxygen atoms in total. The van der Waals surface area contributed by atoms with E-state index < -0.39 is 0 Å². The lowest BCUT2D eigenvalue weighted by Crippen LogP contribution is -1.79. The van der Waals surface area contributed by atoms with Crippen molar-refractivity contribution in [3.05, 3.63) is 42.0 Å². The monoisotopic (exact) mass is 196 g/mol. The predicted molar refractivity (Wildman–Crippen MR) is 49.1 cm³/mol. The van der Waals surface area contributed by atoms with E-state index in [9.17, 15) is 0 Å². The summed E-state index contributed by atoms with van der Waals surface area (Å²) < 4.78 is 0.950. The molecule has 1 aromatic rings. The van der Waals surface area contributed by atoms with Gasteiger partial charge in [0.2, 0.25) is 0 Å². The van der Waals surface area contributed by atoms with E-state index in [2.05, 4.69) is 35.5 Å². The zero-order valence-corrected chi connectivity index (χ0v) is 7.48. The molecular formula is C9H9Br. The number of hydrogen-bond donors (Lipinski definition) is 0. The molecule has 1 aromatic carbocycles. The molecule has 0 heterocycles. The van der Waals surface area contributed by atoms with Crippen LogP contribution in [0, 0.1) is 6.92 Å². The van der Waals surface area contributed by atoms with Gasteiger partial charge in [-0.2, -0.15) is 0 Å². The first kappa shape index (κ1) is 7.55. The van der Waals surface area contributed by atoms with Gasteiger partial charge in [-0.25, -0.2) is 0 Å². The number of hydrogen-bond acceptors (Lipinski definition) is 0. The highest BCUT2D eigenvalue weighted by molar-refractivity contribution is 9.15. The lowest BCUT2D eigenvalue weighted by atomic mass is 10.1. The first-order chi connectivity index (χ1) is 4.72. The summed E-state index contributed by atoms with van der Waals surface area (Å²) in [5.74, 6) is 0. The third-order valence-corrected chi connectivity index (χ3v) is 1.86. The molecule has 0 aliphatic heterocycles. The molecule has 10 heavy (non-hydrogen) atoms. The number of rotatable bonds is 1. The number of aryl methyl sites for hydroxylation is 1. The molecule has 0 aliphatic rings. The second-order valence-corrected chi connectivity index (χ2v) is 3.18. The standard InChI is InChI=1S/C9H9Br/c1-7-5-3-4-6-9(7)8(2)10/h3-6H,2H2,1H3. The van der Waals surface area contributed by atoms with E-state index in [0.29, 0.717) is 0 Å². The molecule has 1 rings (SSSR count). The van der Waals surface area contributed by atoms with Gasteiger partial charge in [-0.15, -0.1) is 0 Å². The quantitative estimate of drug-likeness (QED) is 0.647. The summed E-state index contributed by atoms with van der Waals surface area (Å²) in [5, 5.41) is 0. The summed E-state index contributed by atoms with van der Waals surface area (Å²) in [6.07, 6.45) is 0. The summed E-state index contributed by atoms with van der Waals surface area (Å²) in [6, 6.07) is 8.15. The molecular weight excluding hydrogens is 188 g/mol. The minimum atomic E-state index is 0.950. The molecule has 0 bridgehead atoms. The fraction of sp³-hybridized carbons (Fsp3) is 0.111. The van der Waals surface area contributed by atoms with E-state index in [0.717, 1.165) is 4.48 Å². The van der Waals surface area contributed by atoms with Crippen LogP contribution in [0.25, 0.3) is 4.48 Å². The van der Waals surface area contributed by atoms with Gasteiger partial charge >= 0.3 is 0 Å². The van der Waals surface area contributed by atoms with Crippen LogP contribution in [0.4, 0.5) is 0 Å². The van der Waals surface area contributed by atoms with Gasteiger partial charge in [0.05, 0.1) is 0 Å². The van der Waals surface area contributed by atoms with Crippen molar-refractivity contribution >= 4 is 20.4 Å². The van der Waals surface area contributed by atoms with Gasteiger partial charge in [-0.05, 0) is 18.1 Å². The van der Waals surface area contributed by atoms with Crippen molar-refractivity contribution in [1.82, 2.24) is 0 Å². The fourth-order valence-corrected chi connectivity index (χ4v) is 1.32. The summed E-state index contributed by atoms with van der Waals surface area (Å²) in [4.78, 5) is 0. The normalized spacial score (nSPS) is 9.40. The van der Waals surface area contributed by atoms with Crippen molar-refractivity contribution < 1.29 is 0 Å². The SMILES string of the molecule is C=C(Br)c1ccccc1C. The molecule has 0 amide bonds. The second-order valence-electron chi connectivity index (χ2n) is 2.22. The van der Waals surface area contributed by atoms with Crippen LogP contribution in [-0.2, 0) is 0 Å². The Morgan fingerprint density at radius 1 is 1.40 bits per heavy atom. The average molecular weight is 197 g/mol. The molecule has 0 saturated carbocycles. The number of halogens is 1. The maximum atomic E-state index is 3.80. The Hall–Kier alpha value is -0.560. The first-order valence-corrected chi connectivity index (χ1v) is 3.91. The summed E-state index contributed by atoms with van der Waals surface area (Å²) in [5.41, 5.74) is 2.44. The summed E-state index contributed by atoms with van der Waals surface area (Å²) in [7, 11) is 0. The third-order valence-electron chi connectivity index (χ3n) is 1.44. The van der Waals surface area contributed by atoms with Crippen LogP contribution < -0.4 is 0 Å². The van der Waals surface area contributed by atoms with E-state index in [1.807, 2.05) is 18.2 Å². The fourth-order valence-electron chi connectivity index (χ4n) is 0.877. The second kappa shape index (κ2) is 3.02. The van der Waals surface area contributed by atoms with Crippen LogP contribution in [-0.4, -0.2) is 0 Å². The minimum absolute atomic E-state index is 0.950. The zero-order chi connectivity index (χ0) is 7.56. The summed E-state index contributed by atoms with van der Waals surface area (Å²) >= 11 is 3.34. The molecule has 0 fully saturated rings. The Balaban J connectivity index is 3.15. The highest BCUT2D eigenvalue weighted by atomic mass is 79.9. The van der Waals surface area contributed by atoms with E-state index >= 15 is 0 Å². The van der Waals surface area contributed by atoms with Gasteiger partial charge in [0.1, 0.15) is 0 Å². The van der Waals surface area contributed by atoms with Crippen molar-refractivity contribution in [2.24, 2.45) is 0 Å². The number of benzene rings is 1. The van der Waals surface area contributed by atoms with Gasteiger partial charge < -0.3 is 0 Å². The lowest BCUT2D eigenvalue weighted by Gasteiger charge is -2.00. The minimum Gasteiger partial charge on any atom is -0.0841 e. The van der Waals surface area contributed by atoms with E-state index in [4.69, 9.17) is 0 Å². The molecule has 0 spiro atoms. The zero-order valence-electron chi connectivity index (χ0n) is 5.89. The van der Waals surface area contributed by atoms with Gasteiger partial charge in [0, 0.05) is 4.48 Å². The van der Waals surface area contributed by atoms with E-state index in [1.54, 1.807) is 0 Å². The Labute approximate surface area is 69.7 Å². The van der Waals surface area contributed by atoms with Crippen molar-refractivity contribution in [2.75, 3.05) is 0 Å². The highest BCUT2D eigenvalue weighted by Crippen LogP contribution is 2.21. The molecule has 0 N–H and O–H groups in total.